The molecule has 0 unspecified atom stereocenters. The van der Waals surface area contributed by atoms with Crippen molar-refractivity contribution in [1.29, 1.82) is 0 Å². The van der Waals surface area contributed by atoms with E-state index < -0.39 is 0 Å². The van der Waals surface area contributed by atoms with E-state index in [2.05, 4.69) is 34.2 Å². The van der Waals surface area contributed by atoms with E-state index in [1.54, 1.807) is 17.3 Å². The Balaban J connectivity index is 2.19. The summed E-state index contributed by atoms with van der Waals surface area (Å²) in [7, 11) is 0. The Morgan fingerprint density at radius 2 is 2.22 bits per heavy atom. The molecule has 0 aromatic carbocycles. The first-order valence-corrected chi connectivity index (χ1v) is 6.18. The average molecular weight is 245 g/mol. The van der Waals surface area contributed by atoms with Crippen LogP contribution in [0.5, 0.6) is 0 Å². The van der Waals surface area contributed by atoms with Gasteiger partial charge in [-0.3, -0.25) is 4.98 Å². The van der Waals surface area contributed by atoms with Crippen LogP contribution < -0.4 is 5.32 Å². The van der Waals surface area contributed by atoms with E-state index in [0.29, 0.717) is 5.92 Å². The van der Waals surface area contributed by atoms with E-state index in [9.17, 15) is 0 Å². The van der Waals surface area contributed by atoms with Crippen molar-refractivity contribution in [3.8, 4) is 5.69 Å². The van der Waals surface area contributed by atoms with Gasteiger partial charge >= 0.3 is 0 Å². The lowest BCUT2D eigenvalue weighted by atomic mass is 10.2. The van der Waals surface area contributed by atoms with Crippen molar-refractivity contribution in [2.75, 3.05) is 6.54 Å². The van der Waals surface area contributed by atoms with Gasteiger partial charge in [0.05, 0.1) is 5.69 Å². The van der Waals surface area contributed by atoms with Crippen LogP contribution in [0, 0.1) is 12.8 Å². The number of hydrogen-bond donors (Lipinski definition) is 1. The van der Waals surface area contributed by atoms with Crippen LogP contribution >= 0.6 is 0 Å². The summed E-state index contributed by atoms with van der Waals surface area (Å²) >= 11 is 0. The molecule has 0 aliphatic rings. The summed E-state index contributed by atoms with van der Waals surface area (Å²) in [5.41, 5.74) is 3.15. The lowest BCUT2D eigenvalue weighted by Crippen LogP contribution is -2.20. The molecular formula is C13H19N5. The zero-order valence-electron chi connectivity index (χ0n) is 11.1. The molecule has 2 heterocycles. The van der Waals surface area contributed by atoms with Crippen molar-refractivity contribution in [3.05, 3.63) is 36.2 Å². The largest absolute Gasteiger partial charge is 0.312 e. The summed E-state index contributed by atoms with van der Waals surface area (Å²) in [5, 5.41) is 7.60. The molecule has 2 rings (SSSR count). The van der Waals surface area contributed by atoms with Crippen LogP contribution in [0.4, 0.5) is 0 Å². The summed E-state index contributed by atoms with van der Waals surface area (Å²) in [6.45, 7) is 8.15. The quantitative estimate of drug-likeness (QED) is 0.871. The van der Waals surface area contributed by atoms with E-state index in [4.69, 9.17) is 0 Å². The van der Waals surface area contributed by atoms with Crippen LogP contribution in [0.2, 0.25) is 0 Å². The van der Waals surface area contributed by atoms with E-state index >= 15 is 0 Å². The first-order chi connectivity index (χ1) is 8.66. The molecule has 0 amide bonds. The standard InChI is InChI=1S/C13H19N5/c1-10(2)5-14-6-12-7-16-11(3)4-13(12)18-9-15-8-17-18/h4,7-10,14H,5-6H2,1-3H3. The molecule has 0 fully saturated rings. The summed E-state index contributed by atoms with van der Waals surface area (Å²) in [5.74, 6) is 0.637. The SMILES string of the molecule is Cc1cc(-n2cncn2)c(CNCC(C)C)cn1. The Morgan fingerprint density at radius 3 is 2.89 bits per heavy atom. The van der Waals surface area contributed by atoms with Gasteiger partial charge in [-0.2, -0.15) is 5.10 Å². The Hall–Kier alpha value is -1.75. The van der Waals surface area contributed by atoms with E-state index in [1.807, 2.05) is 19.2 Å². The Bertz CT molecular complexity index is 490. The zero-order chi connectivity index (χ0) is 13.0. The maximum absolute atomic E-state index is 4.35. The molecule has 0 aliphatic heterocycles. The fraction of sp³-hybridized carbons (Fsp3) is 0.462. The highest BCUT2D eigenvalue weighted by molar-refractivity contribution is 5.39. The minimum Gasteiger partial charge on any atom is -0.312 e. The van der Waals surface area contributed by atoms with E-state index in [0.717, 1.165) is 30.0 Å². The van der Waals surface area contributed by atoms with Gasteiger partial charge in [-0.1, -0.05) is 13.8 Å². The lowest BCUT2D eigenvalue weighted by molar-refractivity contribution is 0.550. The summed E-state index contributed by atoms with van der Waals surface area (Å²) in [6.07, 6.45) is 5.15. The number of pyridine rings is 1. The van der Waals surface area contributed by atoms with E-state index in [-0.39, 0.29) is 0 Å². The van der Waals surface area contributed by atoms with Crippen molar-refractivity contribution in [2.45, 2.75) is 27.3 Å². The molecule has 0 spiro atoms. The zero-order valence-corrected chi connectivity index (χ0v) is 11.1. The highest BCUT2D eigenvalue weighted by atomic mass is 15.3. The van der Waals surface area contributed by atoms with Crippen molar-refractivity contribution < 1.29 is 0 Å². The van der Waals surface area contributed by atoms with Crippen LogP contribution in [0.15, 0.2) is 24.9 Å². The molecule has 1 N–H and O–H groups in total. The topological polar surface area (TPSA) is 55.6 Å². The number of aromatic nitrogens is 4. The molecule has 0 bridgehead atoms. The maximum atomic E-state index is 4.35. The third-order valence-corrected chi connectivity index (χ3v) is 2.63. The number of rotatable bonds is 5. The minimum absolute atomic E-state index is 0.637. The fourth-order valence-corrected chi connectivity index (χ4v) is 1.75. The van der Waals surface area contributed by atoms with Gasteiger partial charge in [0.15, 0.2) is 0 Å². The van der Waals surface area contributed by atoms with Gasteiger partial charge in [0.25, 0.3) is 0 Å². The molecule has 0 saturated heterocycles. The first kappa shape index (κ1) is 12.7. The number of nitrogens with one attached hydrogen (secondary N) is 1. The van der Waals surface area contributed by atoms with Crippen LogP contribution in [-0.4, -0.2) is 26.3 Å². The molecule has 18 heavy (non-hydrogen) atoms. The molecule has 5 nitrogen and oxygen atoms in total. The predicted octanol–water partition coefficient (Wildman–Crippen LogP) is 1.72. The number of hydrogen-bond acceptors (Lipinski definition) is 4. The predicted molar refractivity (Wildman–Crippen MR) is 70.4 cm³/mol. The Morgan fingerprint density at radius 1 is 1.39 bits per heavy atom. The fourth-order valence-electron chi connectivity index (χ4n) is 1.75. The summed E-state index contributed by atoms with van der Waals surface area (Å²) < 4.78 is 1.78. The van der Waals surface area contributed by atoms with Gasteiger partial charge in [0.2, 0.25) is 0 Å². The Kier molecular flexibility index (Phi) is 4.04. The molecule has 0 atom stereocenters. The lowest BCUT2D eigenvalue weighted by Gasteiger charge is -2.11. The minimum atomic E-state index is 0.637. The van der Waals surface area contributed by atoms with Crippen molar-refractivity contribution in [3.63, 3.8) is 0 Å². The van der Waals surface area contributed by atoms with Crippen LogP contribution in [0.1, 0.15) is 25.1 Å². The second-order valence-electron chi connectivity index (χ2n) is 4.82. The number of aryl methyl sites for hydroxylation is 1. The summed E-state index contributed by atoms with van der Waals surface area (Å²) in [6, 6.07) is 2.03. The van der Waals surface area contributed by atoms with Gasteiger partial charge < -0.3 is 5.32 Å². The van der Waals surface area contributed by atoms with Gasteiger partial charge in [-0.05, 0) is 25.5 Å². The Labute approximate surface area is 107 Å². The highest BCUT2D eigenvalue weighted by Gasteiger charge is 2.06. The average Bonchev–Trinajstić information content (AvgIpc) is 2.84. The second-order valence-corrected chi connectivity index (χ2v) is 4.82. The summed E-state index contributed by atoms with van der Waals surface area (Å²) in [4.78, 5) is 8.33. The van der Waals surface area contributed by atoms with Crippen molar-refractivity contribution >= 4 is 0 Å². The normalized spacial score (nSPS) is 11.1. The van der Waals surface area contributed by atoms with Crippen molar-refractivity contribution in [1.82, 2.24) is 25.1 Å². The van der Waals surface area contributed by atoms with Crippen molar-refractivity contribution in [2.24, 2.45) is 5.92 Å². The molecule has 0 aliphatic carbocycles. The third-order valence-electron chi connectivity index (χ3n) is 2.63. The van der Waals surface area contributed by atoms with Crippen LogP contribution in [0.25, 0.3) is 5.69 Å². The second kappa shape index (κ2) is 5.73. The molecule has 0 saturated carbocycles. The van der Waals surface area contributed by atoms with Gasteiger partial charge in [0.1, 0.15) is 12.7 Å². The maximum Gasteiger partial charge on any atom is 0.138 e. The first-order valence-electron chi connectivity index (χ1n) is 6.18. The molecule has 2 aromatic heterocycles. The number of nitrogens with zero attached hydrogens (tertiary/aromatic N) is 4. The van der Waals surface area contributed by atoms with Gasteiger partial charge in [0, 0.05) is 24.0 Å². The monoisotopic (exact) mass is 245 g/mol. The molecular weight excluding hydrogens is 226 g/mol. The third kappa shape index (κ3) is 3.13. The van der Waals surface area contributed by atoms with Gasteiger partial charge in [-0.15, -0.1) is 0 Å². The molecule has 5 heteroatoms. The van der Waals surface area contributed by atoms with E-state index in [1.165, 1.54) is 0 Å². The molecule has 2 aromatic rings. The van der Waals surface area contributed by atoms with Crippen LogP contribution in [0.3, 0.4) is 0 Å². The molecule has 0 radical (unpaired) electrons. The smallest absolute Gasteiger partial charge is 0.138 e. The van der Waals surface area contributed by atoms with Crippen LogP contribution in [-0.2, 0) is 6.54 Å². The van der Waals surface area contributed by atoms with Gasteiger partial charge in [-0.25, -0.2) is 9.67 Å². The molecule has 96 valence electrons. The highest BCUT2D eigenvalue weighted by Crippen LogP contribution is 2.13.